The van der Waals surface area contributed by atoms with Crippen molar-refractivity contribution < 1.29 is 5.11 Å². The lowest BCUT2D eigenvalue weighted by Gasteiger charge is -2.38. The number of anilines is 1. The highest BCUT2D eigenvalue weighted by Gasteiger charge is 2.25. The summed E-state index contributed by atoms with van der Waals surface area (Å²) in [6.07, 6.45) is 1.15. The first-order chi connectivity index (χ1) is 7.46. The van der Waals surface area contributed by atoms with Crippen LogP contribution in [0.3, 0.4) is 0 Å². The van der Waals surface area contributed by atoms with E-state index >= 15 is 0 Å². The average molecular weight is 219 g/mol. The average Bonchev–Trinajstić information content (AvgIpc) is 2.14. The number of para-hydroxylation sites is 1. The topological polar surface area (TPSA) is 23.5 Å². The summed E-state index contributed by atoms with van der Waals surface area (Å²) < 4.78 is 0. The SMILES string of the molecule is CC1Cc2ccccc2N(CC(C)(C)O)C1. The number of aliphatic hydroxyl groups is 1. The second kappa shape index (κ2) is 4.10. The van der Waals surface area contributed by atoms with Gasteiger partial charge in [-0.1, -0.05) is 25.1 Å². The Bertz CT molecular complexity index is 367. The van der Waals surface area contributed by atoms with Crippen molar-refractivity contribution >= 4 is 5.69 Å². The van der Waals surface area contributed by atoms with Crippen LogP contribution in [0.5, 0.6) is 0 Å². The first-order valence-electron chi connectivity index (χ1n) is 6.01. The lowest BCUT2D eigenvalue weighted by atomic mass is 9.93. The van der Waals surface area contributed by atoms with Crippen molar-refractivity contribution in [2.45, 2.75) is 32.8 Å². The molecule has 0 spiro atoms. The molecule has 0 bridgehead atoms. The molecule has 0 fully saturated rings. The first kappa shape index (κ1) is 11.5. The highest BCUT2D eigenvalue weighted by Crippen LogP contribution is 2.30. The van der Waals surface area contributed by atoms with E-state index in [9.17, 15) is 5.11 Å². The lowest BCUT2D eigenvalue weighted by Crippen LogP contribution is -2.43. The number of benzene rings is 1. The molecule has 1 aromatic carbocycles. The molecule has 0 radical (unpaired) electrons. The van der Waals surface area contributed by atoms with Gasteiger partial charge in [0.25, 0.3) is 0 Å². The van der Waals surface area contributed by atoms with E-state index < -0.39 is 5.60 Å². The summed E-state index contributed by atoms with van der Waals surface area (Å²) in [5.41, 5.74) is 2.07. The van der Waals surface area contributed by atoms with Crippen LogP contribution in [-0.2, 0) is 6.42 Å². The zero-order chi connectivity index (χ0) is 11.8. The Labute approximate surface area is 97.9 Å². The molecule has 0 aromatic heterocycles. The van der Waals surface area contributed by atoms with E-state index in [1.807, 2.05) is 13.8 Å². The Morgan fingerprint density at radius 3 is 2.75 bits per heavy atom. The van der Waals surface area contributed by atoms with Gasteiger partial charge in [0, 0.05) is 18.8 Å². The Hall–Kier alpha value is -1.02. The summed E-state index contributed by atoms with van der Waals surface area (Å²) in [6, 6.07) is 8.53. The predicted molar refractivity (Wildman–Crippen MR) is 67.8 cm³/mol. The van der Waals surface area contributed by atoms with Gasteiger partial charge in [-0.05, 0) is 37.8 Å². The first-order valence-corrected chi connectivity index (χ1v) is 6.01. The molecular formula is C14H21NO. The van der Waals surface area contributed by atoms with Gasteiger partial charge in [-0.25, -0.2) is 0 Å². The second-order valence-corrected chi connectivity index (χ2v) is 5.63. The van der Waals surface area contributed by atoms with E-state index in [0.717, 1.165) is 13.0 Å². The zero-order valence-electron chi connectivity index (χ0n) is 10.4. The number of rotatable bonds is 2. The molecule has 88 valence electrons. The molecule has 0 saturated carbocycles. The number of β-amino-alcohol motifs (C(OH)–C–C–N with tert-alkyl or cyclic N) is 1. The minimum absolute atomic E-state index is 0.635. The number of nitrogens with zero attached hydrogens (tertiary/aromatic N) is 1. The third-order valence-corrected chi connectivity index (χ3v) is 3.01. The third-order valence-electron chi connectivity index (χ3n) is 3.01. The minimum atomic E-state index is -0.635. The summed E-state index contributed by atoms with van der Waals surface area (Å²) >= 11 is 0. The van der Waals surface area contributed by atoms with Gasteiger partial charge >= 0.3 is 0 Å². The highest BCUT2D eigenvalue weighted by molar-refractivity contribution is 5.55. The number of hydrogen-bond donors (Lipinski definition) is 1. The maximum atomic E-state index is 9.94. The Morgan fingerprint density at radius 2 is 2.06 bits per heavy atom. The van der Waals surface area contributed by atoms with Crippen LogP contribution in [0.25, 0.3) is 0 Å². The molecule has 1 unspecified atom stereocenters. The van der Waals surface area contributed by atoms with Crippen LogP contribution < -0.4 is 4.90 Å². The van der Waals surface area contributed by atoms with Crippen LogP contribution in [0.1, 0.15) is 26.3 Å². The lowest BCUT2D eigenvalue weighted by molar-refractivity contribution is 0.0862. The molecule has 0 saturated heterocycles. The highest BCUT2D eigenvalue weighted by atomic mass is 16.3. The quantitative estimate of drug-likeness (QED) is 0.826. The number of fused-ring (bicyclic) bond motifs is 1. The third kappa shape index (κ3) is 2.56. The molecule has 1 atom stereocenters. The predicted octanol–water partition coefficient (Wildman–Crippen LogP) is 2.46. The molecule has 1 aliphatic heterocycles. The van der Waals surface area contributed by atoms with Gasteiger partial charge in [-0.15, -0.1) is 0 Å². The zero-order valence-corrected chi connectivity index (χ0v) is 10.4. The molecule has 1 N–H and O–H groups in total. The molecule has 0 aliphatic carbocycles. The largest absolute Gasteiger partial charge is 0.389 e. The van der Waals surface area contributed by atoms with Crippen LogP contribution in [0.15, 0.2) is 24.3 Å². The Balaban J connectivity index is 2.27. The second-order valence-electron chi connectivity index (χ2n) is 5.63. The van der Waals surface area contributed by atoms with Gasteiger partial charge in [0.1, 0.15) is 0 Å². The van der Waals surface area contributed by atoms with Gasteiger partial charge in [-0.2, -0.15) is 0 Å². The monoisotopic (exact) mass is 219 g/mol. The fourth-order valence-corrected chi connectivity index (χ4v) is 2.52. The standard InChI is InChI=1S/C14H21NO/c1-11-8-12-6-4-5-7-13(12)15(9-11)10-14(2,3)16/h4-7,11,16H,8-10H2,1-3H3. The van der Waals surface area contributed by atoms with E-state index in [1.165, 1.54) is 11.3 Å². The normalized spacial score (nSPS) is 20.8. The van der Waals surface area contributed by atoms with Crippen molar-refractivity contribution in [1.29, 1.82) is 0 Å². The molecule has 1 aromatic rings. The summed E-state index contributed by atoms with van der Waals surface area (Å²) in [4.78, 5) is 2.31. The maximum absolute atomic E-state index is 9.94. The Morgan fingerprint density at radius 1 is 1.38 bits per heavy atom. The molecule has 2 heteroatoms. The molecular weight excluding hydrogens is 198 g/mol. The summed E-state index contributed by atoms with van der Waals surface area (Å²) in [7, 11) is 0. The smallest absolute Gasteiger partial charge is 0.0765 e. The summed E-state index contributed by atoms with van der Waals surface area (Å²) in [6.45, 7) is 7.76. The van der Waals surface area contributed by atoms with Crippen molar-refractivity contribution in [1.82, 2.24) is 0 Å². The molecule has 0 amide bonds. The van der Waals surface area contributed by atoms with E-state index in [4.69, 9.17) is 0 Å². The van der Waals surface area contributed by atoms with Gasteiger partial charge in [0.2, 0.25) is 0 Å². The van der Waals surface area contributed by atoms with Crippen LogP contribution >= 0.6 is 0 Å². The van der Waals surface area contributed by atoms with Crippen molar-refractivity contribution in [3.05, 3.63) is 29.8 Å². The molecule has 16 heavy (non-hydrogen) atoms. The van der Waals surface area contributed by atoms with Gasteiger partial charge in [-0.3, -0.25) is 0 Å². The number of hydrogen-bond acceptors (Lipinski definition) is 2. The summed E-state index contributed by atoms with van der Waals surface area (Å²) in [5.74, 6) is 0.664. The molecule has 1 heterocycles. The fraction of sp³-hybridized carbons (Fsp3) is 0.571. The van der Waals surface area contributed by atoms with Crippen molar-refractivity contribution in [3.63, 3.8) is 0 Å². The van der Waals surface area contributed by atoms with Crippen molar-refractivity contribution in [2.24, 2.45) is 5.92 Å². The molecule has 1 aliphatic rings. The van der Waals surface area contributed by atoms with E-state index in [1.54, 1.807) is 0 Å². The Kier molecular flexibility index (Phi) is 2.94. The van der Waals surface area contributed by atoms with E-state index in [-0.39, 0.29) is 0 Å². The van der Waals surface area contributed by atoms with E-state index in [2.05, 4.69) is 36.1 Å². The minimum Gasteiger partial charge on any atom is -0.389 e. The van der Waals surface area contributed by atoms with Crippen LogP contribution in [0, 0.1) is 5.92 Å². The molecule has 2 rings (SSSR count). The maximum Gasteiger partial charge on any atom is 0.0765 e. The van der Waals surface area contributed by atoms with Crippen LogP contribution in [0.4, 0.5) is 5.69 Å². The fourth-order valence-electron chi connectivity index (χ4n) is 2.52. The van der Waals surface area contributed by atoms with Crippen LogP contribution in [0.2, 0.25) is 0 Å². The van der Waals surface area contributed by atoms with E-state index in [0.29, 0.717) is 12.5 Å². The summed E-state index contributed by atoms with van der Waals surface area (Å²) in [5, 5.41) is 9.94. The van der Waals surface area contributed by atoms with Crippen molar-refractivity contribution in [2.75, 3.05) is 18.0 Å². The van der Waals surface area contributed by atoms with Crippen LogP contribution in [-0.4, -0.2) is 23.8 Å². The van der Waals surface area contributed by atoms with Gasteiger partial charge < -0.3 is 10.0 Å². The van der Waals surface area contributed by atoms with Gasteiger partial charge in [0.15, 0.2) is 0 Å². The van der Waals surface area contributed by atoms with Gasteiger partial charge in [0.05, 0.1) is 5.60 Å². The molecule has 2 nitrogen and oxygen atoms in total. The van der Waals surface area contributed by atoms with Crippen molar-refractivity contribution in [3.8, 4) is 0 Å².